The molecule has 1 aliphatic rings. The monoisotopic (exact) mass is 189 g/mol. The number of rotatable bonds is 0. The zero-order chi connectivity index (χ0) is 10.3. The van der Waals surface area contributed by atoms with Crippen LogP contribution in [0.15, 0.2) is 18.2 Å². The van der Waals surface area contributed by atoms with Crippen LogP contribution in [0, 0.1) is 0 Å². The molecule has 1 atom stereocenters. The van der Waals surface area contributed by atoms with E-state index in [0.717, 1.165) is 0 Å². The summed E-state index contributed by atoms with van der Waals surface area (Å²) in [6.07, 6.45) is 1.17. The van der Waals surface area contributed by atoms with E-state index in [1.807, 2.05) is 0 Å². The maximum atomic E-state index is 3.51. The Morgan fingerprint density at radius 1 is 1.29 bits per heavy atom. The van der Waals surface area contributed by atoms with Crippen LogP contribution in [-0.4, -0.2) is 6.04 Å². The number of hydrogen-bond donors (Lipinski definition) is 1. The quantitative estimate of drug-likeness (QED) is 0.660. The van der Waals surface area contributed by atoms with Crippen LogP contribution in [0.5, 0.6) is 0 Å². The first-order valence-electron chi connectivity index (χ1n) is 5.37. The normalized spacial score (nSPS) is 20.4. The fourth-order valence-electron chi connectivity index (χ4n) is 2.00. The van der Waals surface area contributed by atoms with Crippen molar-refractivity contribution in [3.63, 3.8) is 0 Å². The van der Waals surface area contributed by atoms with E-state index in [0.29, 0.717) is 6.04 Å². The summed E-state index contributed by atoms with van der Waals surface area (Å²) in [5, 5.41) is 3.51. The Morgan fingerprint density at radius 2 is 2.00 bits per heavy atom. The van der Waals surface area contributed by atoms with E-state index < -0.39 is 0 Å². The molecule has 1 unspecified atom stereocenters. The van der Waals surface area contributed by atoms with Gasteiger partial charge in [-0.25, -0.2) is 0 Å². The van der Waals surface area contributed by atoms with Gasteiger partial charge < -0.3 is 5.32 Å². The van der Waals surface area contributed by atoms with Crippen molar-refractivity contribution in [2.24, 2.45) is 0 Å². The summed E-state index contributed by atoms with van der Waals surface area (Å²) in [7, 11) is 0. The highest BCUT2D eigenvalue weighted by Crippen LogP contribution is 2.31. The van der Waals surface area contributed by atoms with Crippen LogP contribution in [0.2, 0.25) is 0 Å². The second kappa shape index (κ2) is 3.01. The average Bonchev–Trinajstić information content (AvgIpc) is 2.41. The van der Waals surface area contributed by atoms with Gasteiger partial charge in [-0.05, 0) is 36.0 Å². The van der Waals surface area contributed by atoms with Crippen LogP contribution in [0.3, 0.4) is 0 Å². The highest BCUT2D eigenvalue weighted by Gasteiger charge is 2.20. The minimum absolute atomic E-state index is 0.253. The second-order valence-corrected chi connectivity index (χ2v) is 5.37. The van der Waals surface area contributed by atoms with Crippen LogP contribution < -0.4 is 5.32 Å². The number of benzene rings is 1. The van der Waals surface area contributed by atoms with E-state index in [-0.39, 0.29) is 5.41 Å². The maximum absolute atomic E-state index is 3.51. The molecular weight excluding hydrogens is 170 g/mol. The van der Waals surface area contributed by atoms with E-state index in [1.165, 1.54) is 23.2 Å². The summed E-state index contributed by atoms with van der Waals surface area (Å²) >= 11 is 0. The molecule has 0 aliphatic carbocycles. The highest BCUT2D eigenvalue weighted by atomic mass is 14.9. The first-order valence-corrected chi connectivity index (χ1v) is 5.37. The molecule has 0 fully saturated rings. The molecule has 1 heteroatoms. The topological polar surface area (TPSA) is 12.0 Å². The molecule has 1 aliphatic heterocycles. The third-order valence-electron chi connectivity index (χ3n) is 2.90. The smallest absolute Gasteiger partial charge is 0.0378 e. The zero-order valence-corrected chi connectivity index (χ0v) is 9.52. The maximum Gasteiger partial charge on any atom is 0.0378 e. The van der Waals surface area contributed by atoms with Crippen molar-refractivity contribution in [2.45, 2.75) is 45.6 Å². The number of fused-ring (bicyclic) bond motifs is 1. The van der Waals surface area contributed by atoms with Gasteiger partial charge in [0.2, 0.25) is 0 Å². The molecule has 76 valence electrons. The predicted molar refractivity (Wildman–Crippen MR) is 61.9 cm³/mol. The molecule has 0 saturated carbocycles. The Morgan fingerprint density at radius 3 is 2.64 bits per heavy atom. The third kappa shape index (κ3) is 1.63. The Bertz CT molecular complexity index is 347. The van der Waals surface area contributed by atoms with Crippen molar-refractivity contribution in [1.29, 1.82) is 0 Å². The molecule has 1 heterocycles. The van der Waals surface area contributed by atoms with Crippen LogP contribution in [0.4, 0.5) is 5.69 Å². The summed E-state index contributed by atoms with van der Waals surface area (Å²) in [6.45, 7) is 9.00. The largest absolute Gasteiger partial charge is 0.382 e. The molecule has 0 aromatic heterocycles. The highest BCUT2D eigenvalue weighted by molar-refractivity contribution is 5.59. The van der Waals surface area contributed by atoms with Gasteiger partial charge in [-0.15, -0.1) is 0 Å². The van der Waals surface area contributed by atoms with Crippen molar-refractivity contribution in [3.05, 3.63) is 29.3 Å². The molecule has 0 amide bonds. The van der Waals surface area contributed by atoms with Crippen molar-refractivity contribution in [2.75, 3.05) is 5.32 Å². The first-order chi connectivity index (χ1) is 6.47. The van der Waals surface area contributed by atoms with Gasteiger partial charge in [0, 0.05) is 11.7 Å². The summed E-state index contributed by atoms with van der Waals surface area (Å²) in [5.41, 5.74) is 4.47. The minimum atomic E-state index is 0.253. The van der Waals surface area contributed by atoms with Crippen LogP contribution in [0.1, 0.15) is 38.8 Å². The molecule has 14 heavy (non-hydrogen) atoms. The van der Waals surface area contributed by atoms with E-state index in [9.17, 15) is 0 Å². The van der Waals surface area contributed by atoms with Gasteiger partial charge in [0.15, 0.2) is 0 Å². The van der Waals surface area contributed by atoms with Gasteiger partial charge >= 0.3 is 0 Å². The molecule has 0 spiro atoms. The summed E-state index contributed by atoms with van der Waals surface area (Å²) in [6, 6.07) is 7.43. The van der Waals surface area contributed by atoms with Crippen molar-refractivity contribution in [3.8, 4) is 0 Å². The molecule has 0 radical (unpaired) electrons. The predicted octanol–water partition coefficient (Wildman–Crippen LogP) is 3.34. The van der Waals surface area contributed by atoms with Crippen molar-refractivity contribution < 1.29 is 0 Å². The summed E-state index contributed by atoms with van der Waals surface area (Å²) in [4.78, 5) is 0. The average molecular weight is 189 g/mol. The van der Waals surface area contributed by atoms with Gasteiger partial charge in [0.25, 0.3) is 0 Å². The molecular formula is C13H19N. The first kappa shape index (κ1) is 9.57. The Kier molecular flexibility index (Phi) is 2.06. The third-order valence-corrected chi connectivity index (χ3v) is 2.90. The van der Waals surface area contributed by atoms with E-state index in [4.69, 9.17) is 0 Å². The van der Waals surface area contributed by atoms with Crippen LogP contribution in [-0.2, 0) is 11.8 Å². The molecule has 1 aromatic carbocycles. The molecule has 0 bridgehead atoms. The number of nitrogens with one attached hydrogen (secondary N) is 1. The lowest BCUT2D eigenvalue weighted by Crippen LogP contribution is -2.11. The van der Waals surface area contributed by atoms with Gasteiger partial charge in [0.1, 0.15) is 0 Å². The molecule has 2 rings (SSSR count). The second-order valence-electron chi connectivity index (χ2n) is 5.37. The summed E-state index contributed by atoms with van der Waals surface area (Å²) < 4.78 is 0. The Balaban J connectivity index is 2.38. The fourth-order valence-corrected chi connectivity index (χ4v) is 2.00. The van der Waals surface area contributed by atoms with Gasteiger partial charge in [-0.1, -0.05) is 32.9 Å². The lowest BCUT2D eigenvalue weighted by molar-refractivity contribution is 0.590. The molecule has 1 aromatic rings. The number of hydrogen-bond acceptors (Lipinski definition) is 1. The SMILES string of the molecule is CC1Cc2ccc(C(C)(C)C)cc2N1. The Labute approximate surface area is 86.5 Å². The van der Waals surface area contributed by atoms with E-state index in [2.05, 4.69) is 51.2 Å². The Hall–Kier alpha value is -0.980. The lowest BCUT2D eigenvalue weighted by atomic mass is 9.86. The summed E-state index contributed by atoms with van der Waals surface area (Å²) in [5.74, 6) is 0. The van der Waals surface area contributed by atoms with Crippen molar-refractivity contribution >= 4 is 5.69 Å². The van der Waals surface area contributed by atoms with E-state index >= 15 is 0 Å². The fraction of sp³-hybridized carbons (Fsp3) is 0.538. The van der Waals surface area contributed by atoms with Gasteiger partial charge in [-0.2, -0.15) is 0 Å². The van der Waals surface area contributed by atoms with Crippen LogP contribution >= 0.6 is 0 Å². The minimum Gasteiger partial charge on any atom is -0.382 e. The van der Waals surface area contributed by atoms with Gasteiger partial charge in [-0.3, -0.25) is 0 Å². The standard InChI is InChI=1S/C13H19N/c1-9-7-10-5-6-11(13(2,3)4)8-12(10)14-9/h5-6,8-9,14H,7H2,1-4H3. The van der Waals surface area contributed by atoms with Crippen molar-refractivity contribution in [1.82, 2.24) is 0 Å². The molecule has 1 nitrogen and oxygen atoms in total. The lowest BCUT2D eigenvalue weighted by Gasteiger charge is -2.19. The van der Waals surface area contributed by atoms with Gasteiger partial charge in [0.05, 0.1) is 0 Å². The zero-order valence-electron chi connectivity index (χ0n) is 9.52. The van der Waals surface area contributed by atoms with Crippen LogP contribution in [0.25, 0.3) is 0 Å². The molecule has 1 N–H and O–H groups in total. The number of anilines is 1. The molecule has 0 saturated heterocycles. The van der Waals surface area contributed by atoms with E-state index in [1.54, 1.807) is 0 Å².